The molecule has 1 aromatic carbocycles. The average Bonchev–Trinajstić information content (AvgIpc) is 2.79. The van der Waals surface area contributed by atoms with Crippen LogP contribution in [0.15, 0.2) is 10.9 Å². The number of rotatable bonds is 6. The highest BCUT2D eigenvalue weighted by molar-refractivity contribution is 7.99. The highest BCUT2D eigenvalue weighted by Gasteiger charge is 2.23. The third kappa shape index (κ3) is 5.24. The van der Waals surface area contributed by atoms with Gasteiger partial charge in [0.25, 0.3) is 5.56 Å². The third-order valence-corrected chi connectivity index (χ3v) is 7.96. The topological polar surface area (TPSA) is 78.1 Å². The first-order valence-electron chi connectivity index (χ1n) is 11.4. The molecule has 1 aromatic heterocycles. The van der Waals surface area contributed by atoms with E-state index in [4.69, 9.17) is 0 Å². The molecule has 2 aromatic rings. The molecule has 9 heteroatoms. The molecule has 2 fully saturated rings. The highest BCUT2D eigenvalue weighted by atomic mass is 32.2. The maximum Gasteiger partial charge on any atom is 0.261 e. The number of aromatic nitrogens is 2. The fourth-order valence-electron chi connectivity index (χ4n) is 4.62. The van der Waals surface area contributed by atoms with Gasteiger partial charge in [-0.2, -0.15) is 11.8 Å². The van der Waals surface area contributed by atoms with Gasteiger partial charge in [-0.1, -0.05) is 19.3 Å². The van der Waals surface area contributed by atoms with Crippen LogP contribution in [0, 0.1) is 17.6 Å². The summed E-state index contributed by atoms with van der Waals surface area (Å²) in [7, 11) is 0. The van der Waals surface area contributed by atoms with Crippen LogP contribution in [-0.2, 0) is 10.5 Å². The molecule has 4 rings (SSSR count). The number of carbonyl (C=O) groups is 1. The number of H-pyrrole nitrogens is 1. The summed E-state index contributed by atoms with van der Waals surface area (Å²) in [5.74, 6) is -0.864. The highest BCUT2D eigenvalue weighted by Crippen LogP contribution is 2.30. The normalized spacial score (nSPS) is 18.3. The Hall–Kier alpha value is -2.16. The van der Waals surface area contributed by atoms with Gasteiger partial charge in [0.2, 0.25) is 5.91 Å². The first-order valence-corrected chi connectivity index (χ1v) is 12.5. The summed E-state index contributed by atoms with van der Waals surface area (Å²) in [6.07, 6.45) is 7.69. The largest absolute Gasteiger partial charge is 0.382 e. The van der Waals surface area contributed by atoms with Gasteiger partial charge < -0.3 is 15.2 Å². The number of halogens is 2. The Kier molecular flexibility index (Phi) is 7.33. The van der Waals surface area contributed by atoms with Crippen LogP contribution in [0.1, 0.15) is 57.7 Å². The van der Waals surface area contributed by atoms with E-state index in [1.165, 1.54) is 38.2 Å². The van der Waals surface area contributed by atoms with E-state index in [-0.39, 0.29) is 28.4 Å². The summed E-state index contributed by atoms with van der Waals surface area (Å²) in [6, 6.07) is 1.43. The van der Waals surface area contributed by atoms with Crippen molar-refractivity contribution in [2.75, 3.05) is 25.0 Å². The second-order valence-electron chi connectivity index (χ2n) is 8.86. The Bertz CT molecular complexity index is 1030. The Morgan fingerprint density at radius 2 is 1.91 bits per heavy atom. The van der Waals surface area contributed by atoms with E-state index in [1.807, 2.05) is 0 Å². The lowest BCUT2D eigenvalue weighted by molar-refractivity contribution is -0.130. The molecule has 2 aliphatic rings. The second kappa shape index (κ2) is 10.2. The van der Waals surface area contributed by atoms with Gasteiger partial charge in [-0.3, -0.25) is 9.59 Å². The first kappa shape index (κ1) is 23.0. The van der Waals surface area contributed by atoms with Crippen molar-refractivity contribution in [2.45, 2.75) is 62.9 Å². The molecule has 2 N–H and O–H groups in total. The van der Waals surface area contributed by atoms with E-state index >= 15 is 0 Å². The summed E-state index contributed by atoms with van der Waals surface area (Å²) in [5.41, 5.74) is -0.456. The molecular weight excluding hydrogens is 434 g/mol. The van der Waals surface area contributed by atoms with Gasteiger partial charge in [-0.15, -0.1) is 0 Å². The number of carbonyl (C=O) groups excluding carboxylic acids is 1. The van der Waals surface area contributed by atoms with Crippen LogP contribution in [0.4, 0.5) is 14.5 Å². The van der Waals surface area contributed by atoms with E-state index in [1.54, 1.807) is 23.6 Å². The van der Waals surface area contributed by atoms with Crippen LogP contribution in [0.2, 0.25) is 0 Å². The predicted molar refractivity (Wildman–Crippen MR) is 124 cm³/mol. The Morgan fingerprint density at radius 3 is 2.59 bits per heavy atom. The number of amides is 1. The number of nitrogens with one attached hydrogen (secondary N) is 2. The maximum atomic E-state index is 14.7. The smallest absolute Gasteiger partial charge is 0.261 e. The molecule has 174 valence electrons. The number of fused-ring (bicyclic) bond motifs is 1. The minimum atomic E-state index is -1.17. The van der Waals surface area contributed by atoms with Gasteiger partial charge in [0.15, 0.2) is 11.6 Å². The summed E-state index contributed by atoms with van der Waals surface area (Å²) >= 11 is 1.77. The molecule has 0 radical (unpaired) electrons. The molecule has 1 amide bonds. The van der Waals surface area contributed by atoms with E-state index in [9.17, 15) is 18.4 Å². The zero-order valence-electron chi connectivity index (χ0n) is 18.4. The second-order valence-corrected chi connectivity index (χ2v) is 10.1. The minimum absolute atomic E-state index is 0.0213. The summed E-state index contributed by atoms with van der Waals surface area (Å²) in [6.45, 7) is 3.38. The third-order valence-electron chi connectivity index (χ3n) is 6.58. The lowest BCUT2D eigenvalue weighted by Gasteiger charge is -2.31. The lowest BCUT2D eigenvalue weighted by atomic mass is 9.96. The standard InChI is InChI=1S/C23H30F2N4O2S/c1-14(30)29-9-7-15(8-10-29)12-26-18-11-17-20(22(25)21(18)24)23(31)28-19(27-17)13-32-16-5-3-2-4-6-16/h11,15-16,26H,2-10,12-13H2,1H3,(H,27,28,31). The first-order chi connectivity index (χ1) is 15.4. The summed E-state index contributed by atoms with van der Waals surface area (Å²) in [5, 5.41) is 3.22. The van der Waals surface area contributed by atoms with Crippen molar-refractivity contribution in [1.29, 1.82) is 0 Å². The van der Waals surface area contributed by atoms with E-state index in [2.05, 4.69) is 15.3 Å². The number of likely N-dealkylation sites (tertiary alicyclic amines) is 1. The average molecular weight is 465 g/mol. The van der Waals surface area contributed by atoms with Crippen molar-refractivity contribution in [3.05, 3.63) is 33.9 Å². The number of aromatic amines is 1. The molecular formula is C23H30F2N4O2S. The van der Waals surface area contributed by atoms with Gasteiger partial charge in [-0.05, 0) is 37.7 Å². The van der Waals surface area contributed by atoms with Crippen molar-refractivity contribution in [1.82, 2.24) is 14.9 Å². The van der Waals surface area contributed by atoms with Gasteiger partial charge in [0.1, 0.15) is 11.2 Å². The van der Waals surface area contributed by atoms with Crippen LogP contribution in [0.5, 0.6) is 0 Å². The maximum absolute atomic E-state index is 14.7. The molecule has 1 aliphatic heterocycles. The van der Waals surface area contributed by atoms with Crippen LogP contribution in [0.25, 0.3) is 10.9 Å². The van der Waals surface area contributed by atoms with Crippen molar-refractivity contribution in [2.24, 2.45) is 5.92 Å². The van der Waals surface area contributed by atoms with Crippen molar-refractivity contribution in [3.8, 4) is 0 Å². The number of nitrogens with zero attached hydrogens (tertiary/aromatic N) is 2. The van der Waals surface area contributed by atoms with E-state index in [0.29, 0.717) is 36.5 Å². The van der Waals surface area contributed by atoms with Crippen LogP contribution < -0.4 is 10.9 Å². The zero-order chi connectivity index (χ0) is 22.7. The molecule has 0 atom stereocenters. The Balaban J connectivity index is 1.47. The number of hydrogen-bond acceptors (Lipinski definition) is 5. The fourth-order valence-corrected chi connectivity index (χ4v) is 5.81. The molecule has 0 spiro atoms. The molecule has 1 saturated heterocycles. The zero-order valence-corrected chi connectivity index (χ0v) is 19.2. The molecule has 0 unspecified atom stereocenters. The minimum Gasteiger partial charge on any atom is -0.382 e. The SMILES string of the molecule is CC(=O)N1CCC(CNc2cc3nc(CSC4CCCCC4)[nH]c(=O)c3c(F)c2F)CC1. The quantitative estimate of drug-likeness (QED) is 0.661. The number of hydrogen-bond donors (Lipinski definition) is 2. The van der Waals surface area contributed by atoms with Gasteiger partial charge in [0.05, 0.1) is 17.0 Å². The number of piperidine rings is 1. The number of thioether (sulfide) groups is 1. The molecule has 0 bridgehead atoms. The van der Waals surface area contributed by atoms with Crippen molar-refractivity contribution < 1.29 is 13.6 Å². The van der Waals surface area contributed by atoms with Crippen LogP contribution >= 0.6 is 11.8 Å². The number of benzene rings is 1. The summed E-state index contributed by atoms with van der Waals surface area (Å²) in [4.78, 5) is 32.8. The Morgan fingerprint density at radius 1 is 1.19 bits per heavy atom. The molecule has 2 heterocycles. The molecule has 1 aliphatic carbocycles. The van der Waals surface area contributed by atoms with Gasteiger partial charge >= 0.3 is 0 Å². The van der Waals surface area contributed by atoms with E-state index < -0.39 is 17.2 Å². The molecule has 32 heavy (non-hydrogen) atoms. The number of anilines is 1. The van der Waals surface area contributed by atoms with Crippen LogP contribution in [0.3, 0.4) is 0 Å². The van der Waals surface area contributed by atoms with Crippen molar-refractivity contribution in [3.63, 3.8) is 0 Å². The lowest BCUT2D eigenvalue weighted by Crippen LogP contribution is -2.38. The van der Waals surface area contributed by atoms with Gasteiger partial charge in [0, 0.05) is 31.8 Å². The fraction of sp³-hybridized carbons (Fsp3) is 0.609. The molecule has 6 nitrogen and oxygen atoms in total. The monoisotopic (exact) mass is 464 g/mol. The van der Waals surface area contributed by atoms with Gasteiger partial charge in [-0.25, -0.2) is 13.8 Å². The van der Waals surface area contributed by atoms with Crippen LogP contribution in [-0.4, -0.2) is 45.7 Å². The Labute approximate surface area is 190 Å². The molecule has 1 saturated carbocycles. The van der Waals surface area contributed by atoms with E-state index in [0.717, 1.165) is 12.8 Å². The summed E-state index contributed by atoms with van der Waals surface area (Å²) < 4.78 is 29.4. The van der Waals surface area contributed by atoms with Crippen molar-refractivity contribution >= 4 is 34.3 Å². The predicted octanol–water partition coefficient (Wildman–Crippen LogP) is 4.44.